The summed E-state index contributed by atoms with van der Waals surface area (Å²) in [7, 11) is 1.62. The van der Waals surface area contributed by atoms with Gasteiger partial charge in [0.15, 0.2) is 0 Å². The fourth-order valence-electron chi connectivity index (χ4n) is 3.21. The van der Waals surface area contributed by atoms with E-state index in [1.165, 1.54) is 10.6 Å². The van der Waals surface area contributed by atoms with Crippen molar-refractivity contribution in [3.8, 4) is 0 Å². The molecule has 1 aliphatic heterocycles. The van der Waals surface area contributed by atoms with E-state index in [1.807, 2.05) is 30.3 Å². The van der Waals surface area contributed by atoms with Crippen LogP contribution in [0.15, 0.2) is 53.5 Å². The molecule has 1 aromatic carbocycles. The minimum Gasteiger partial charge on any atom is -0.334 e. The number of pyridine rings is 1. The highest BCUT2D eigenvalue weighted by Gasteiger charge is 2.32. The van der Waals surface area contributed by atoms with Gasteiger partial charge in [-0.2, -0.15) is 0 Å². The average Bonchev–Trinajstić information content (AvgIpc) is 2.63. The van der Waals surface area contributed by atoms with Gasteiger partial charge in [-0.3, -0.25) is 14.4 Å². The highest BCUT2D eigenvalue weighted by atomic mass is 16.2. The van der Waals surface area contributed by atoms with Crippen LogP contribution in [0.25, 0.3) is 0 Å². The minimum atomic E-state index is -0.163. The molecule has 2 heterocycles. The normalized spacial score (nSPS) is 17.4. The van der Waals surface area contributed by atoms with E-state index >= 15 is 0 Å². The fraction of sp³-hybridized carbons (Fsp3) is 0.316. The third-order valence-corrected chi connectivity index (χ3v) is 4.59. The highest BCUT2D eigenvalue weighted by Crippen LogP contribution is 2.26. The number of nitrogens with zero attached hydrogens (tertiary/aromatic N) is 3. The Morgan fingerprint density at radius 1 is 1.04 bits per heavy atom. The van der Waals surface area contributed by atoms with E-state index in [-0.39, 0.29) is 23.4 Å². The van der Waals surface area contributed by atoms with E-state index in [4.69, 9.17) is 0 Å². The van der Waals surface area contributed by atoms with Crippen molar-refractivity contribution < 1.29 is 9.59 Å². The van der Waals surface area contributed by atoms with Crippen LogP contribution in [0, 0.1) is 0 Å². The molecule has 2 aromatic rings. The summed E-state index contributed by atoms with van der Waals surface area (Å²) in [6.45, 7) is 2.96. The lowest BCUT2D eigenvalue weighted by atomic mass is 10.0. The summed E-state index contributed by atoms with van der Waals surface area (Å²) in [4.78, 5) is 39.9. The molecular weight excluding hydrogens is 318 g/mol. The van der Waals surface area contributed by atoms with Crippen LogP contribution in [0.5, 0.6) is 0 Å². The smallest absolute Gasteiger partial charge is 0.255 e. The zero-order valence-corrected chi connectivity index (χ0v) is 14.4. The number of aromatic nitrogens is 1. The lowest BCUT2D eigenvalue weighted by molar-refractivity contribution is -0.133. The molecule has 0 bridgehead atoms. The van der Waals surface area contributed by atoms with Crippen molar-refractivity contribution >= 4 is 11.8 Å². The number of rotatable bonds is 2. The second-order valence-electron chi connectivity index (χ2n) is 6.26. The maximum absolute atomic E-state index is 12.8. The Kier molecular flexibility index (Phi) is 4.70. The fourth-order valence-corrected chi connectivity index (χ4v) is 3.21. The number of aryl methyl sites for hydroxylation is 1. The van der Waals surface area contributed by atoms with Gasteiger partial charge in [0.05, 0.1) is 11.6 Å². The first-order chi connectivity index (χ1) is 12.0. The van der Waals surface area contributed by atoms with E-state index in [1.54, 1.807) is 36.0 Å². The van der Waals surface area contributed by atoms with E-state index in [0.717, 1.165) is 5.56 Å². The van der Waals surface area contributed by atoms with Gasteiger partial charge in [-0.15, -0.1) is 0 Å². The molecule has 6 nitrogen and oxygen atoms in total. The molecule has 0 aliphatic carbocycles. The van der Waals surface area contributed by atoms with Crippen LogP contribution in [0.3, 0.4) is 0 Å². The Morgan fingerprint density at radius 2 is 1.76 bits per heavy atom. The van der Waals surface area contributed by atoms with Gasteiger partial charge >= 0.3 is 0 Å². The number of carbonyl (C=O) groups is 2. The first-order valence-electron chi connectivity index (χ1n) is 8.25. The van der Waals surface area contributed by atoms with Crippen molar-refractivity contribution in [1.29, 1.82) is 0 Å². The van der Waals surface area contributed by atoms with Gasteiger partial charge in [0, 0.05) is 45.9 Å². The summed E-state index contributed by atoms with van der Waals surface area (Å²) in [5, 5.41) is 0. The average molecular weight is 339 g/mol. The van der Waals surface area contributed by atoms with Gasteiger partial charge in [-0.1, -0.05) is 30.3 Å². The van der Waals surface area contributed by atoms with Crippen LogP contribution in [-0.2, 0) is 11.8 Å². The Morgan fingerprint density at radius 3 is 2.40 bits per heavy atom. The molecule has 0 saturated carbocycles. The molecule has 0 N–H and O–H groups in total. The predicted molar refractivity (Wildman–Crippen MR) is 94.2 cm³/mol. The zero-order chi connectivity index (χ0) is 18.0. The molecule has 0 radical (unpaired) electrons. The van der Waals surface area contributed by atoms with Crippen LogP contribution in [0.1, 0.15) is 28.9 Å². The number of benzene rings is 1. The quantitative estimate of drug-likeness (QED) is 0.831. The summed E-state index contributed by atoms with van der Waals surface area (Å²) in [5.74, 6) is -0.122. The number of hydrogen-bond donors (Lipinski definition) is 0. The Labute approximate surface area is 146 Å². The van der Waals surface area contributed by atoms with Crippen LogP contribution in [0.4, 0.5) is 0 Å². The van der Waals surface area contributed by atoms with Crippen LogP contribution in [-0.4, -0.2) is 45.8 Å². The summed E-state index contributed by atoms with van der Waals surface area (Å²) in [5.41, 5.74) is 1.33. The van der Waals surface area contributed by atoms with Crippen LogP contribution in [0.2, 0.25) is 0 Å². The number of carbonyl (C=O) groups excluding carboxylic acids is 2. The van der Waals surface area contributed by atoms with Gasteiger partial charge in [0.2, 0.25) is 11.5 Å². The molecule has 0 spiro atoms. The summed E-state index contributed by atoms with van der Waals surface area (Å²) >= 11 is 0. The molecule has 1 aliphatic rings. The molecule has 1 saturated heterocycles. The largest absolute Gasteiger partial charge is 0.334 e. The highest BCUT2D eigenvalue weighted by molar-refractivity contribution is 5.94. The number of piperazine rings is 1. The summed E-state index contributed by atoms with van der Waals surface area (Å²) in [6.07, 6.45) is 1.56. The molecule has 3 rings (SSSR count). The molecule has 130 valence electrons. The van der Waals surface area contributed by atoms with E-state index in [9.17, 15) is 14.4 Å². The topological polar surface area (TPSA) is 62.6 Å². The van der Waals surface area contributed by atoms with Gasteiger partial charge in [-0.05, 0) is 11.6 Å². The Bertz CT molecular complexity index is 844. The van der Waals surface area contributed by atoms with Crippen molar-refractivity contribution in [1.82, 2.24) is 14.4 Å². The minimum absolute atomic E-state index is 0.00283. The third kappa shape index (κ3) is 3.47. The van der Waals surface area contributed by atoms with Crippen LogP contribution < -0.4 is 5.56 Å². The van der Waals surface area contributed by atoms with E-state index < -0.39 is 0 Å². The van der Waals surface area contributed by atoms with Gasteiger partial charge in [0.25, 0.3) is 5.91 Å². The van der Waals surface area contributed by atoms with Crippen molar-refractivity contribution in [2.75, 3.05) is 19.6 Å². The van der Waals surface area contributed by atoms with Crippen LogP contribution >= 0.6 is 0 Å². The molecule has 25 heavy (non-hydrogen) atoms. The standard InChI is InChI=1S/C19H21N3O3/c1-14(23)22-11-10-21(13-17(22)15-6-4-3-5-7-15)19(25)16-8-9-18(24)20(2)12-16/h3-9,12,17H,10-11,13H2,1-2H3/t17-/m1/s1. The third-order valence-electron chi connectivity index (χ3n) is 4.59. The maximum atomic E-state index is 12.8. The summed E-state index contributed by atoms with van der Waals surface area (Å²) < 4.78 is 1.40. The first-order valence-corrected chi connectivity index (χ1v) is 8.25. The van der Waals surface area contributed by atoms with E-state index in [2.05, 4.69) is 0 Å². The predicted octanol–water partition coefficient (Wildman–Crippen LogP) is 1.43. The lowest BCUT2D eigenvalue weighted by Gasteiger charge is -2.41. The SMILES string of the molecule is CC(=O)N1CCN(C(=O)c2ccc(=O)n(C)c2)C[C@@H]1c1ccccc1. The molecule has 1 aromatic heterocycles. The Hall–Kier alpha value is -2.89. The maximum Gasteiger partial charge on any atom is 0.255 e. The molecule has 2 amide bonds. The van der Waals surface area contributed by atoms with Crippen molar-refractivity contribution in [2.24, 2.45) is 7.05 Å². The molecular formula is C19H21N3O3. The molecule has 6 heteroatoms. The molecule has 1 atom stereocenters. The first kappa shape index (κ1) is 17.0. The van der Waals surface area contributed by atoms with Crippen molar-refractivity contribution in [3.63, 3.8) is 0 Å². The monoisotopic (exact) mass is 339 g/mol. The molecule has 0 unspecified atom stereocenters. The number of hydrogen-bond acceptors (Lipinski definition) is 3. The van der Waals surface area contributed by atoms with Crippen molar-refractivity contribution in [3.05, 3.63) is 70.1 Å². The van der Waals surface area contributed by atoms with E-state index in [0.29, 0.717) is 25.2 Å². The lowest BCUT2D eigenvalue weighted by Crippen LogP contribution is -2.51. The second kappa shape index (κ2) is 6.93. The summed E-state index contributed by atoms with van der Waals surface area (Å²) in [6, 6.07) is 12.5. The van der Waals surface area contributed by atoms with Crippen molar-refractivity contribution in [2.45, 2.75) is 13.0 Å². The zero-order valence-electron chi connectivity index (χ0n) is 14.4. The molecule has 1 fully saturated rings. The van der Waals surface area contributed by atoms with Gasteiger partial charge in [-0.25, -0.2) is 0 Å². The van der Waals surface area contributed by atoms with Gasteiger partial charge < -0.3 is 14.4 Å². The van der Waals surface area contributed by atoms with Gasteiger partial charge in [0.1, 0.15) is 0 Å². The Balaban J connectivity index is 1.86. The second-order valence-corrected chi connectivity index (χ2v) is 6.26. The number of amides is 2.